The van der Waals surface area contributed by atoms with Crippen molar-refractivity contribution < 1.29 is 19.3 Å². The number of pyridine rings is 1. The van der Waals surface area contributed by atoms with Crippen LogP contribution in [0.5, 0.6) is 17.5 Å². The average Bonchev–Trinajstić information content (AvgIpc) is 2.99. The van der Waals surface area contributed by atoms with Crippen molar-refractivity contribution in [3.63, 3.8) is 0 Å². The molecule has 0 aliphatic rings. The van der Waals surface area contributed by atoms with Gasteiger partial charge in [-0.25, -0.2) is 0 Å². The van der Waals surface area contributed by atoms with Crippen molar-refractivity contribution in [3.8, 4) is 28.6 Å². The molecule has 1 N–H and O–H groups in total. The van der Waals surface area contributed by atoms with E-state index in [9.17, 15) is 5.11 Å². The maximum atomic E-state index is 10.2. The number of aliphatic hydroxyl groups excluding tert-OH is 1. The highest BCUT2D eigenvalue weighted by Crippen LogP contribution is 2.35. The number of nitrogens with zero attached hydrogens (tertiary/aromatic N) is 1. The molecule has 1 heterocycles. The van der Waals surface area contributed by atoms with Gasteiger partial charge < -0.3 is 19.3 Å². The zero-order valence-corrected chi connectivity index (χ0v) is 21.0. The number of rotatable bonds is 11. The molecule has 4 aromatic carbocycles. The van der Waals surface area contributed by atoms with E-state index in [2.05, 4.69) is 0 Å². The van der Waals surface area contributed by atoms with Crippen LogP contribution >= 0.6 is 0 Å². The summed E-state index contributed by atoms with van der Waals surface area (Å²) in [6.45, 7) is 1.06. The van der Waals surface area contributed by atoms with Crippen molar-refractivity contribution >= 4 is 0 Å². The molecule has 0 fully saturated rings. The smallest absolute Gasteiger partial charge is 0.225 e. The molecular weight excluding hydrogens is 474 g/mol. The number of ether oxygens (including phenoxy) is 3. The lowest BCUT2D eigenvalue weighted by molar-refractivity contribution is 0.268. The van der Waals surface area contributed by atoms with Gasteiger partial charge >= 0.3 is 0 Å². The fourth-order valence-electron chi connectivity index (χ4n) is 4.07. The Balaban J connectivity index is 1.40. The summed E-state index contributed by atoms with van der Waals surface area (Å²) in [6.07, 6.45) is 0. The van der Waals surface area contributed by atoms with Gasteiger partial charge in [0, 0.05) is 11.6 Å². The number of hydrogen-bond donors (Lipinski definition) is 1. The fourth-order valence-corrected chi connectivity index (χ4v) is 4.07. The van der Waals surface area contributed by atoms with Gasteiger partial charge in [0.2, 0.25) is 11.8 Å². The predicted octanol–water partition coefficient (Wildman–Crippen LogP) is 6.98. The Morgan fingerprint density at radius 3 is 1.63 bits per heavy atom. The molecule has 0 bridgehead atoms. The second kappa shape index (κ2) is 12.6. The molecule has 0 aliphatic carbocycles. The molecule has 5 nitrogen and oxygen atoms in total. The third-order valence-corrected chi connectivity index (χ3v) is 6.07. The van der Waals surface area contributed by atoms with E-state index in [0.29, 0.717) is 37.3 Å². The summed E-state index contributed by atoms with van der Waals surface area (Å²) in [5, 5.41) is 10.2. The Kier molecular flexibility index (Phi) is 8.29. The minimum Gasteiger partial charge on any atom is -0.489 e. The minimum atomic E-state index is -0.151. The Bertz CT molecular complexity index is 1440. The van der Waals surface area contributed by atoms with Crippen LogP contribution in [0.3, 0.4) is 0 Å². The van der Waals surface area contributed by atoms with Gasteiger partial charge in [0.1, 0.15) is 25.6 Å². The third kappa shape index (κ3) is 6.58. The zero-order chi connectivity index (χ0) is 26.0. The molecular formula is C33H29NO4. The first-order chi connectivity index (χ1) is 18.8. The SMILES string of the molecule is OCc1cc(OCc2ccccc2)ccc1-c1ccc(OCc2ccccc2)nc1OCc1ccccc1. The normalized spacial score (nSPS) is 10.7. The second-order valence-electron chi connectivity index (χ2n) is 8.80. The van der Waals surface area contributed by atoms with E-state index in [1.807, 2.05) is 121 Å². The van der Waals surface area contributed by atoms with Gasteiger partial charge in [-0.3, -0.25) is 0 Å². The van der Waals surface area contributed by atoms with E-state index in [1.165, 1.54) is 0 Å². The monoisotopic (exact) mass is 503 g/mol. The van der Waals surface area contributed by atoms with Gasteiger partial charge in [-0.15, -0.1) is 0 Å². The fraction of sp³-hybridized carbons (Fsp3) is 0.121. The number of aliphatic hydroxyl groups is 1. The number of benzene rings is 4. The molecule has 0 amide bonds. The molecule has 5 aromatic rings. The Morgan fingerprint density at radius 1 is 0.526 bits per heavy atom. The van der Waals surface area contributed by atoms with E-state index < -0.39 is 0 Å². The quantitative estimate of drug-likeness (QED) is 0.211. The third-order valence-electron chi connectivity index (χ3n) is 6.07. The molecule has 190 valence electrons. The Hall–Kier alpha value is -4.61. The summed E-state index contributed by atoms with van der Waals surface area (Å²) >= 11 is 0. The molecule has 38 heavy (non-hydrogen) atoms. The van der Waals surface area contributed by atoms with Gasteiger partial charge in [0.25, 0.3) is 0 Å². The second-order valence-corrected chi connectivity index (χ2v) is 8.80. The van der Waals surface area contributed by atoms with Gasteiger partial charge in [-0.1, -0.05) is 97.1 Å². The van der Waals surface area contributed by atoms with Crippen molar-refractivity contribution in [1.29, 1.82) is 0 Å². The van der Waals surface area contributed by atoms with Crippen LogP contribution in [0.15, 0.2) is 121 Å². The van der Waals surface area contributed by atoms with Crippen LogP contribution in [0.2, 0.25) is 0 Å². The van der Waals surface area contributed by atoms with Gasteiger partial charge in [0.15, 0.2) is 0 Å². The summed E-state index contributed by atoms with van der Waals surface area (Å²) in [5.74, 6) is 1.59. The first-order valence-corrected chi connectivity index (χ1v) is 12.5. The lowest BCUT2D eigenvalue weighted by atomic mass is 10.0. The van der Waals surface area contributed by atoms with E-state index in [-0.39, 0.29) is 6.61 Å². The van der Waals surface area contributed by atoms with E-state index >= 15 is 0 Å². The van der Waals surface area contributed by atoms with Gasteiger partial charge in [-0.05, 0) is 46.0 Å². The molecule has 0 saturated heterocycles. The molecule has 0 spiro atoms. The first-order valence-electron chi connectivity index (χ1n) is 12.5. The van der Waals surface area contributed by atoms with E-state index in [4.69, 9.17) is 19.2 Å². The van der Waals surface area contributed by atoms with Gasteiger partial charge in [0.05, 0.1) is 6.61 Å². The van der Waals surface area contributed by atoms with Crippen LogP contribution in [0.4, 0.5) is 0 Å². The Labute approximate surface area is 222 Å². The maximum Gasteiger partial charge on any atom is 0.225 e. The highest BCUT2D eigenvalue weighted by atomic mass is 16.5. The minimum absolute atomic E-state index is 0.151. The summed E-state index contributed by atoms with van der Waals surface area (Å²) < 4.78 is 18.1. The molecule has 0 aliphatic heterocycles. The van der Waals surface area contributed by atoms with Crippen molar-refractivity contribution in [2.24, 2.45) is 0 Å². The van der Waals surface area contributed by atoms with E-state index in [0.717, 1.165) is 33.4 Å². The summed E-state index contributed by atoms with van der Waals surface area (Å²) in [7, 11) is 0. The standard InChI is InChI=1S/C33H29NO4/c35-21-28-20-29(36-22-25-10-4-1-5-11-25)16-17-30(28)31-18-19-32(37-23-26-12-6-2-7-13-26)34-33(31)38-24-27-14-8-3-9-15-27/h1-20,35H,21-24H2. The van der Waals surface area contributed by atoms with E-state index in [1.54, 1.807) is 0 Å². The van der Waals surface area contributed by atoms with Crippen LogP contribution in [-0.2, 0) is 26.4 Å². The van der Waals surface area contributed by atoms with Crippen LogP contribution in [0, 0.1) is 0 Å². The van der Waals surface area contributed by atoms with Crippen LogP contribution in [0.25, 0.3) is 11.1 Å². The molecule has 0 saturated carbocycles. The molecule has 1 aromatic heterocycles. The first kappa shape index (κ1) is 25.1. The largest absolute Gasteiger partial charge is 0.489 e. The molecule has 0 atom stereocenters. The topological polar surface area (TPSA) is 60.8 Å². The van der Waals surface area contributed by atoms with Crippen molar-refractivity contribution in [3.05, 3.63) is 144 Å². The zero-order valence-electron chi connectivity index (χ0n) is 21.0. The lowest BCUT2D eigenvalue weighted by Crippen LogP contribution is -2.03. The van der Waals surface area contributed by atoms with Crippen LogP contribution in [0.1, 0.15) is 22.3 Å². The molecule has 5 heteroatoms. The van der Waals surface area contributed by atoms with Gasteiger partial charge in [-0.2, -0.15) is 4.98 Å². The van der Waals surface area contributed by atoms with Crippen molar-refractivity contribution in [2.45, 2.75) is 26.4 Å². The maximum absolute atomic E-state index is 10.2. The summed E-state index contributed by atoms with van der Waals surface area (Å²) in [5.41, 5.74) is 5.48. The molecule has 0 unspecified atom stereocenters. The predicted molar refractivity (Wildman–Crippen MR) is 148 cm³/mol. The lowest BCUT2D eigenvalue weighted by Gasteiger charge is -2.16. The highest BCUT2D eigenvalue weighted by molar-refractivity contribution is 5.73. The van der Waals surface area contributed by atoms with Crippen LogP contribution in [-0.4, -0.2) is 10.1 Å². The summed E-state index contributed by atoms with van der Waals surface area (Å²) in [4.78, 5) is 4.70. The van der Waals surface area contributed by atoms with Crippen molar-refractivity contribution in [1.82, 2.24) is 4.98 Å². The summed E-state index contributed by atoms with van der Waals surface area (Å²) in [6, 6.07) is 39.3. The Morgan fingerprint density at radius 2 is 1.05 bits per heavy atom. The number of hydrogen-bond acceptors (Lipinski definition) is 5. The molecule has 5 rings (SSSR count). The van der Waals surface area contributed by atoms with Crippen LogP contribution < -0.4 is 14.2 Å². The average molecular weight is 504 g/mol. The highest BCUT2D eigenvalue weighted by Gasteiger charge is 2.15. The van der Waals surface area contributed by atoms with Crippen molar-refractivity contribution in [2.75, 3.05) is 0 Å². The molecule has 0 radical (unpaired) electrons. The number of aromatic nitrogens is 1.